The summed E-state index contributed by atoms with van der Waals surface area (Å²) in [6.45, 7) is -3.69. The van der Waals surface area contributed by atoms with E-state index in [2.05, 4.69) is 21.6 Å². The minimum absolute atomic E-state index is 0.0768. The molecule has 0 aliphatic carbocycles. The molecule has 328 valence electrons. The van der Waals surface area contributed by atoms with Crippen LogP contribution < -0.4 is 4.74 Å². The standard InChI is InChI=1S/C31H30F20N2O4/c1-2-3-4-5-6-7-8-18-13-52-22(53-14-18)19-9-11-21(12-10-19)55-16-20(32)15-54-17-23(33,34)24(35,36)28(44,45)56-30(48,49)31(50,51)57-29(46,47)26(39,40)25(37,38)27(41,42)43/h9-14,20H,2-8,15-17H2,1H3. The van der Waals surface area contributed by atoms with Crippen LogP contribution in [0.1, 0.15) is 51.0 Å². The van der Waals surface area contributed by atoms with Gasteiger partial charge in [-0.15, -0.1) is 0 Å². The van der Waals surface area contributed by atoms with Crippen LogP contribution in [0.4, 0.5) is 87.8 Å². The Hall–Kier alpha value is -3.42. The number of ether oxygens (including phenoxy) is 4. The lowest BCUT2D eigenvalue weighted by Crippen LogP contribution is -2.65. The summed E-state index contributed by atoms with van der Waals surface area (Å²) >= 11 is 0. The molecule has 0 N–H and O–H groups in total. The summed E-state index contributed by atoms with van der Waals surface area (Å²) in [6.07, 6.45) is -31.3. The van der Waals surface area contributed by atoms with Crippen LogP contribution in [0.3, 0.4) is 0 Å². The van der Waals surface area contributed by atoms with Gasteiger partial charge >= 0.3 is 54.3 Å². The van der Waals surface area contributed by atoms with Crippen molar-refractivity contribution in [3.8, 4) is 17.1 Å². The lowest BCUT2D eigenvalue weighted by Gasteiger charge is -2.38. The Kier molecular flexibility index (Phi) is 15.9. The minimum atomic E-state index is -8.23. The summed E-state index contributed by atoms with van der Waals surface area (Å²) in [5.74, 6) is -30.0. The third kappa shape index (κ3) is 11.8. The molecule has 0 saturated carbocycles. The van der Waals surface area contributed by atoms with Crippen molar-refractivity contribution in [3.63, 3.8) is 0 Å². The minimum Gasteiger partial charge on any atom is -0.490 e. The van der Waals surface area contributed by atoms with Crippen molar-refractivity contribution in [3.05, 3.63) is 42.2 Å². The molecule has 0 aliphatic heterocycles. The van der Waals surface area contributed by atoms with Gasteiger partial charge in [0.1, 0.15) is 19.0 Å². The van der Waals surface area contributed by atoms with Crippen molar-refractivity contribution >= 4 is 0 Å². The zero-order valence-corrected chi connectivity index (χ0v) is 28.7. The molecule has 1 unspecified atom stereocenters. The van der Waals surface area contributed by atoms with Gasteiger partial charge in [0.05, 0.1) is 6.61 Å². The van der Waals surface area contributed by atoms with Crippen LogP contribution in [-0.4, -0.2) is 90.3 Å². The maximum absolute atomic E-state index is 14.2. The molecule has 0 spiro atoms. The summed E-state index contributed by atoms with van der Waals surface area (Å²) in [5, 5.41) is 0. The average Bonchev–Trinajstić information content (AvgIpc) is 3.07. The fraction of sp³-hybridized carbons (Fsp3) is 0.677. The summed E-state index contributed by atoms with van der Waals surface area (Å²) in [6, 6.07) is 5.38. The van der Waals surface area contributed by atoms with E-state index in [9.17, 15) is 87.8 Å². The number of nitrogens with zero attached hydrogens (tertiary/aromatic N) is 2. The largest absolute Gasteiger partial charge is 0.490 e. The number of unbranched alkanes of at least 4 members (excludes halogenated alkanes) is 5. The van der Waals surface area contributed by atoms with Gasteiger partial charge < -0.3 is 9.47 Å². The highest BCUT2D eigenvalue weighted by atomic mass is 19.4. The monoisotopic (exact) mass is 874 g/mol. The maximum Gasteiger partial charge on any atom is 0.460 e. The molecule has 1 heterocycles. The normalized spacial score (nSPS) is 14.9. The lowest BCUT2D eigenvalue weighted by atomic mass is 10.1. The van der Waals surface area contributed by atoms with Crippen molar-refractivity contribution in [2.45, 2.75) is 112 Å². The first kappa shape index (κ1) is 49.7. The first-order valence-corrected chi connectivity index (χ1v) is 16.0. The zero-order chi connectivity index (χ0) is 43.9. The van der Waals surface area contributed by atoms with E-state index in [1.54, 1.807) is 12.4 Å². The van der Waals surface area contributed by atoms with Crippen LogP contribution in [0.5, 0.6) is 5.75 Å². The van der Waals surface area contributed by atoms with Gasteiger partial charge in [-0.25, -0.2) is 23.8 Å². The van der Waals surface area contributed by atoms with Gasteiger partial charge in [-0.3, -0.25) is 0 Å². The van der Waals surface area contributed by atoms with E-state index < -0.39 is 80.3 Å². The second kappa shape index (κ2) is 18.2. The quantitative estimate of drug-likeness (QED) is 0.0773. The number of benzene rings is 1. The van der Waals surface area contributed by atoms with Gasteiger partial charge in [-0.1, -0.05) is 39.0 Å². The Bertz CT molecular complexity index is 1540. The number of hydrogen-bond donors (Lipinski definition) is 0. The Labute approximate surface area is 308 Å². The van der Waals surface area contributed by atoms with E-state index >= 15 is 0 Å². The van der Waals surface area contributed by atoms with Crippen molar-refractivity contribution < 1.29 is 107 Å². The van der Waals surface area contributed by atoms with Crippen molar-refractivity contribution in [2.24, 2.45) is 0 Å². The molecule has 0 saturated heterocycles. The second-order valence-electron chi connectivity index (χ2n) is 12.1. The predicted molar refractivity (Wildman–Crippen MR) is 154 cm³/mol. The summed E-state index contributed by atoms with van der Waals surface area (Å²) < 4.78 is 278. The van der Waals surface area contributed by atoms with Crippen LogP contribution >= 0.6 is 0 Å². The molecule has 0 fully saturated rings. The van der Waals surface area contributed by atoms with Crippen LogP contribution in [0.2, 0.25) is 0 Å². The van der Waals surface area contributed by atoms with E-state index in [4.69, 9.17) is 4.74 Å². The van der Waals surface area contributed by atoms with E-state index in [1.807, 2.05) is 0 Å². The number of aryl methyl sites for hydroxylation is 1. The Balaban J connectivity index is 1.96. The molecule has 0 aliphatic rings. The van der Waals surface area contributed by atoms with Gasteiger partial charge in [-0.05, 0) is 42.7 Å². The topological polar surface area (TPSA) is 62.7 Å². The fourth-order valence-corrected chi connectivity index (χ4v) is 4.23. The SMILES string of the molecule is CCCCCCCCc1cnc(-c2ccc(OCC(F)COCC(F)(F)C(F)(F)C(F)(F)OC(F)(F)C(F)(F)OC(F)(F)C(F)(F)C(F)(F)C(F)(F)F)cc2)nc1. The first-order valence-electron chi connectivity index (χ1n) is 16.0. The highest BCUT2D eigenvalue weighted by Crippen LogP contribution is 2.57. The van der Waals surface area contributed by atoms with Gasteiger partial charge in [-0.2, -0.15) is 83.4 Å². The Morgan fingerprint density at radius 1 is 0.561 bits per heavy atom. The predicted octanol–water partition coefficient (Wildman–Crippen LogP) is 11.3. The van der Waals surface area contributed by atoms with Gasteiger partial charge in [0, 0.05) is 18.0 Å². The maximum atomic E-state index is 14.2. The second-order valence-corrected chi connectivity index (χ2v) is 12.1. The third-order valence-corrected chi connectivity index (χ3v) is 7.44. The van der Waals surface area contributed by atoms with Crippen molar-refractivity contribution in [1.82, 2.24) is 9.97 Å². The van der Waals surface area contributed by atoms with Crippen LogP contribution in [0.25, 0.3) is 11.4 Å². The van der Waals surface area contributed by atoms with Gasteiger partial charge in [0.2, 0.25) is 0 Å². The zero-order valence-electron chi connectivity index (χ0n) is 28.7. The number of hydrogen-bond acceptors (Lipinski definition) is 6. The average molecular weight is 875 g/mol. The molecule has 1 aromatic carbocycles. The molecule has 6 nitrogen and oxygen atoms in total. The molecule has 1 aromatic heterocycles. The number of halogens is 20. The molecule has 1 atom stereocenters. The molecule has 0 amide bonds. The van der Waals surface area contributed by atoms with E-state index in [0.717, 1.165) is 50.5 Å². The van der Waals surface area contributed by atoms with Crippen LogP contribution in [0, 0.1) is 0 Å². The summed E-state index contributed by atoms with van der Waals surface area (Å²) in [5.41, 5.74) is 1.37. The molecule has 57 heavy (non-hydrogen) atoms. The first-order chi connectivity index (χ1) is 25.8. The van der Waals surface area contributed by atoms with Crippen molar-refractivity contribution in [1.29, 1.82) is 0 Å². The molecular weight excluding hydrogens is 844 g/mol. The van der Waals surface area contributed by atoms with Crippen LogP contribution in [-0.2, 0) is 20.6 Å². The molecule has 0 bridgehead atoms. The highest BCUT2D eigenvalue weighted by Gasteiger charge is 2.86. The highest BCUT2D eigenvalue weighted by molar-refractivity contribution is 5.55. The molecule has 2 aromatic rings. The van der Waals surface area contributed by atoms with E-state index in [1.165, 1.54) is 33.7 Å². The number of alkyl halides is 20. The molecule has 26 heteroatoms. The van der Waals surface area contributed by atoms with Gasteiger partial charge in [0.25, 0.3) is 0 Å². The molecule has 0 radical (unpaired) electrons. The van der Waals surface area contributed by atoms with Crippen molar-refractivity contribution in [2.75, 3.05) is 19.8 Å². The smallest absolute Gasteiger partial charge is 0.460 e. The summed E-state index contributed by atoms with van der Waals surface area (Å²) in [7, 11) is 0. The Morgan fingerprint density at radius 2 is 1.04 bits per heavy atom. The molecule has 2 rings (SSSR count). The van der Waals surface area contributed by atoms with Gasteiger partial charge in [0.15, 0.2) is 12.0 Å². The van der Waals surface area contributed by atoms with Crippen LogP contribution in [0.15, 0.2) is 36.7 Å². The fourth-order valence-electron chi connectivity index (χ4n) is 4.23. The lowest BCUT2D eigenvalue weighted by molar-refractivity contribution is -0.555. The number of aromatic nitrogens is 2. The van der Waals surface area contributed by atoms with E-state index in [-0.39, 0.29) is 5.75 Å². The summed E-state index contributed by atoms with van der Waals surface area (Å²) in [4.78, 5) is 8.50. The van der Waals surface area contributed by atoms with E-state index in [0.29, 0.717) is 11.4 Å². The molecular formula is C31H30F20N2O4. The Morgan fingerprint density at radius 3 is 1.53 bits per heavy atom. The number of rotatable bonds is 24. The third-order valence-electron chi connectivity index (χ3n) is 7.44.